The number of carbonyl (C=O) groups excluding carboxylic acids is 1. The van der Waals surface area contributed by atoms with Crippen molar-refractivity contribution in [2.24, 2.45) is 0 Å². The standard InChI is InChI=1S/C16H19N3O2S/c1-19-8-6-13(7-9-19)21-15-5-4-12(11-17-15)18-16(20)14-3-2-10-22-14/h2-5,10-11,13H,6-9H2,1H3,(H,18,20). The summed E-state index contributed by atoms with van der Waals surface area (Å²) >= 11 is 1.42. The minimum Gasteiger partial charge on any atom is -0.474 e. The summed E-state index contributed by atoms with van der Waals surface area (Å²) in [5, 5.41) is 4.71. The third-order valence-electron chi connectivity index (χ3n) is 3.69. The Hall–Kier alpha value is -1.92. The number of nitrogens with one attached hydrogen (secondary N) is 1. The molecule has 1 aliphatic heterocycles. The van der Waals surface area contributed by atoms with Crippen molar-refractivity contribution >= 4 is 22.9 Å². The van der Waals surface area contributed by atoms with Crippen molar-refractivity contribution in [1.82, 2.24) is 9.88 Å². The van der Waals surface area contributed by atoms with E-state index in [1.807, 2.05) is 23.6 Å². The molecule has 22 heavy (non-hydrogen) atoms. The highest BCUT2D eigenvalue weighted by atomic mass is 32.1. The molecule has 1 N–H and O–H groups in total. The van der Waals surface area contributed by atoms with Gasteiger partial charge in [-0.25, -0.2) is 4.98 Å². The van der Waals surface area contributed by atoms with Gasteiger partial charge in [0.2, 0.25) is 5.88 Å². The molecular formula is C16H19N3O2S. The summed E-state index contributed by atoms with van der Waals surface area (Å²) in [5.74, 6) is 0.504. The first kappa shape index (κ1) is 15.0. The van der Waals surface area contributed by atoms with Crippen LogP contribution in [0.4, 0.5) is 5.69 Å². The summed E-state index contributed by atoms with van der Waals surface area (Å²) in [6, 6.07) is 7.28. The lowest BCUT2D eigenvalue weighted by Gasteiger charge is -2.28. The molecule has 5 nitrogen and oxygen atoms in total. The second-order valence-corrected chi connectivity index (χ2v) is 6.38. The molecule has 0 atom stereocenters. The molecule has 0 saturated carbocycles. The average molecular weight is 317 g/mol. The van der Waals surface area contributed by atoms with Crippen LogP contribution in [-0.4, -0.2) is 42.0 Å². The highest BCUT2D eigenvalue weighted by Crippen LogP contribution is 2.19. The number of anilines is 1. The molecule has 0 unspecified atom stereocenters. The van der Waals surface area contributed by atoms with E-state index in [9.17, 15) is 4.79 Å². The first-order valence-corrected chi connectivity index (χ1v) is 8.25. The van der Waals surface area contributed by atoms with Crippen molar-refractivity contribution in [3.8, 4) is 5.88 Å². The van der Waals surface area contributed by atoms with Gasteiger partial charge in [0.25, 0.3) is 5.91 Å². The third kappa shape index (κ3) is 3.84. The lowest BCUT2D eigenvalue weighted by molar-refractivity contribution is 0.102. The molecule has 1 aliphatic rings. The Labute approximate surface area is 133 Å². The molecule has 1 saturated heterocycles. The van der Waals surface area contributed by atoms with Gasteiger partial charge < -0.3 is 15.0 Å². The van der Waals surface area contributed by atoms with Crippen molar-refractivity contribution in [3.63, 3.8) is 0 Å². The van der Waals surface area contributed by atoms with Gasteiger partial charge in [-0.05, 0) is 37.4 Å². The maximum absolute atomic E-state index is 11.9. The molecule has 2 aromatic heterocycles. The van der Waals surface area contributed by atoms with Gasteiger partial charge in [0.15, 0.2) is 0 Å². The van der Waals surface area contributed by atoms with Gasteiger partial charge in [-0.15, -0.1) is 11.3 Å². The topological polar surface area (TPSA) is 54.5 Å². The lowest BCUT2D eigenvalue weighted by atomic mass is 10.1. The van der Waals surface area contributed by atoms with Gasteiger partial charge in [0, 0.05) is 19.2 Å². The van der Waals surface area contributed by atoms with Crippen LogP contribution in [0.3, 0.4) is 0 Å². The van der Waals surface area contributed by atoms with E-state index >= 15 is 0 Å². The molecule has 3 rings (SSSR count). The van der Waals surface area contributed by atoms with Crippen LogP contribution in [0.15, 0.2) is 35.8 Å². The number of aromatic nitrogens is 1. The number of hydrogen-bond donors (Lipinski definition) is 1. The first-order chi connectivity index (χ1) is 10.7. The zero-order valence-electron chi connectivity index (χ0n) is 12.5. The molecule has 6 heteroatoms. The molecule has 0 spiro atoms. The minimum atomic E-state index is -0.110. The summed E-state index contributed by atoms with van der Waals surface area (Å²) in [4.78, 5) is 19.2. The van der Waals surface area contributed by atoms with E-state index in [2.05, 4.69) is 22.2 Å². The number of pyridine rings is 1. The normalized spacial score (nSPS) is 16.4. The predicted octanol–water partition coefficient (Wildman–Crippen LogP) is 2.87. The number of rotatable bonds is 4. The Morgan fingerprint density at radius 3 is 2.82 bits per heavy atom. The molecule has 0 aromatic carbocycles. The molecule has 3 heterocycles. The summed E-state index contributed by atoms with van der Waals surface area (Å²) in [7, 11) is 2.12. The number of thiophene rings is 1. The van der Waals surface area contributed by atoms with E-state index in [0.29, 0.717) is 16.4 Å². The number of hydrogen-bond acceptors (Lipinski definition) is 5. The van der Waals surface area contributed by atoms with Gasteiger partial charge in [-0.1, -0.05) is 6.07 Å². The largest absolute Gasteiger partial charge is 0.474 e. The zero-order valence-corrected chi connectivity index (χ0v) is 13.3. The molecule has 0 bridgehead atoms. The fourth-order valence-electron chi connectivity index (χ4n) is 2.40. The van der Waals surface area contributed by atoms with Crippen LogP contribution in [0, 0.1) is 0 Å². The highest BCUT2D eigenvalue weighted by Gasteiger charge is 2.18. The zero-order chi connectivity index (χ0) is 15.4. The molecular weight excluding hydrogens is 298 g/mol. The number of ether oxygens (including phenoxy) is 1. The maximum Gasteiger partial charge on any atom is 0.265 e. The molecule has 1 amide bonds. The van der Waals surface area contributed by atoms with Crippen LogP contribution in [-0.2, 0) is 0 Å². The SMILES string of the molecule is CN1CCC(Oc2ccc(NC(=O)c3cccs3)cn2)CC1. The van der Waals surface area contributed by atoms with Crippen molar-refractivity contribution in [1.29, 1.82) is 0 Å². The smallest absolute Gasteiger partial charge is 0.265 e. The Morgan fingerprint density at radius 1 is 1.36 bits per heavy atom. The van der Waals surface area contributed by atoms with Gasteiger partial charge in [0.1, 0.15) is 6.10 Å². The number of carbonyl (C=O) groups is 1. The number of piperidine rings is 1. The van der Waals surface area contributed by atoms with E-state index in [1.165, 1.54) is 11.3 Å². The summed E-state index contributed by atoms with van der Waals surface area (Å²) in [6.07, 6.45) is 3.91. The van der Waals surface area contributed by atoms with Gasteiger partial charge in [-0.2, -0.15) is 0 Å². The molecule has 0 radical (unpaired) electrons. The Morgan fingerprint density at radius 2 is 2.18 bits per heavy atom. The van der Waals surface area contributed by atoms with Gasteiger partial charge >= 0.3 is 0 Å². The number of amides is 1. The van der Waals surface area contributed by atoms with Crippen molar-refractivity contribution in [3.05, 3.63) is 40.7 Å². The Bertz CT molecular complexity index is 605. The van der Waals surface area contributed by atoms with Crippen LogP contribution >= 0.6 is 11.3 Å². The van der Waals surface area contributed by atoms with Crippen molar-refractivity contribution < 1.29 is 9.53 Å². The molecule has 2 aromatic rings. The number of likely N-dealkylation sites (tertiary alicyclic amines) is 1. The molecule has 1 fully saturated rings. The van der Waals surface area contributed by atoms with Crippen LogP contribution < -0.4 is 10.1 Å². The van der Waals surface area contributed by atoms with E-state index in [0.717, 1.165) is 25.9 Å². The van der Waals surface area contributed by atoms with Crippen LogP contribution in [0.1, 0.15) is 22.5 Å². The van der Waals surface area contributed by atoms with E-state index in [1.54, 1.807) is 12.3 Å². The van der Waals surface area contributed by atoms with E-state index in [4.69, 9.17) is 4.74 Å². The van der Waals surface area contributed by atoms with E-state index < -0.39 is 0 Å². The van der Waals surface area contributed by atoms with Crippen LogP contribution in [0.2, 0.25) is 0 Å². The Kier molecular flexibility index (Phi) is 4.70. The third-order valence-corrected chi connectivity index (χ3v) is 4.56. The Balaban J connectivity index is 1.55. The predicted molar refractivity (Wildman–Crippen MR) is 87.7 cm³/mol. The lowest BCUT2D eigenvalue weighted by Crippen LogP contribution is -2.35. The quantitative estimate of drug-likeness (QED) is 0.942. The van der Waals surface area contributed by atoms with Crippen LogP contribution in [0.25, 0.3) is 0 Å². The highest BCUT2D eigenvalue weighted by molar-refractivity contribution is 7.12. The van der Waals surface area contributed by atoms with Crippen LogP contribution in [0.5, 0.6) is 5.88 Å². The summed E-state index contributed by atoms with van der Waals surface area (Å²) in [5.41, 5.74) is 0.675. The van der Waals surface area contributed by atoms with Gasteiger partial charge in [0.05, 0.1) is 16.8 Å². The molecule has 116 valence electrons. The fourth-order valence-corrected chi connectivity index (χ4v) is 3.02. The summed E-state index contributed by atoms with van der Waals surface area (Å²) in [6.45, 7) is 2.11. The maximum atomic E-state index is 11.9. The first-order valence-electron chi connectivity index (χ1n) is 7.37. The van der Waals surface area contributed by atoms with Crippen molar-refractivity contribution in [2.75, 3.05) is 25.5 Å². The monoisotopic (exact) mass is 317 g/mol. The molecule has 0 aliphatic carbocycles. The average Bonchev–Trinajstić information content (AvgIpc) is 3.06. The minimum absolute atomic E-state index is 0.110. The fraction of sp³-hybridized carbons (Fsp3) is 0.375. The second-order valence-electron chi connectivity index (χ2n) is 5.44. The summed E-state index contributed by atoms with van der Waals surface area (Å²) < 4.78 is 5.89. The second kappa shape index (κ2) is 6.89. The van der Waals surface area contributed by atoms with E-state index in [-0.39, 0.29) is 12.0 Å². The number of nitrogens with zero attached hydrogens (tertiary/aromatic N) is 2. The van der Waals surface area contributed by atoms with Crippen molar-refractivity contribution in [2.45, 2.75) is 18.9 Å². The van der Waals surface area contributed by atoms with Gasteiger partial charge in [-0.3, -0.25) is 4.79 Å².